The summed E-state index contributed by atoms with van der Waals surface area (Å²) < 4.78 is 0. The summed E-state index contributed by atoms with van der Waals surface area (Å²) >= 11 is 0. The van der Waals surface area contributed by atoms with Crippen molar-refractivity contribution in [1.82, 2.24) is 5.32 Å². The van der Waals surface area contributed by atoms with Crippen LogP contribution in [0.2, 0.25) is 0 Å². The number of rotatable bonds is 3. The summed E-state index contributed by atoms with van der Waals surface area (Å²) in [6.07, 6.45) is 3.60. The normalized spacial score (nSPS) is 17.0. The number of anilines is 2. The minimum Gasteiger partial charge on any atom is -0.399 e. The van der Waals surface area contributed by atoms with E-state index in [0.717, 1.165) is 37.2 Å². The lowest BCUT2D eigenvalue weighted by Crippen LogP contribution is -2.35. The molecule has 16 heavy (non-hydrogen) atoms. The molecule has 0 amide bonds. The molecule has 1 aliphatic heterocycles. The van der Waals surface area contributed by atoms with Gasteiger partial charge in [-0.3, -0.25) is 0 Å². The van der Waals surface area contributed by atoms with Gasteiger partial charge in [0, 0.05) is 29.2 Å². The van der Waals surface area contributed by atoms with E-state index in [2.05, 4.69) is 10.6 Å². The van der Waals surface area contributed by atoms with Crippen LogP contribution in [0.1, 0.15) is 18.4 Å². The van der Waals surface area contributed by atoms with E-state index in [4.69, 9.17) is 11.1 Å². The number of benzene rings is 1. The number of nitrogens with one attached hydrogen (secondary N) is 3. The van der Waals surface area contributed by atoms with Crippen molar-refractivity contribution < 1.29 is 0 Å². The Morgan fingerprint density at radius 2 is 2.12 bits per heavy atom. The van der Waals surface area contributed by atoms with Crippen molar-refractivity contribution in [2.75, 3.05) is 24.1 Å². The first-order chi connectivity index (χ1) is 7.79. The van der Waals surface area contributed by atoms with Gasteiger partial charge in [0.05, 0.1) is 0 Å². The molecule has 1 aromatic carbocycles. The van der Waals surface area contributed by atoms with E-state index >= 15 is 0 Å². The fraction of sp³-hybridized carbons (Fsp3) is 0.417. The Kier molecular flexibility index (Phi) is 3.41. The van der Waals surface area contributed by atoms with Gasteiger partial charge >= 0.3 is 0 Å². The topological polar surface area (TPSA) is 73.9 Å². The number of hydrogen-bond donors (Lipinski definition) is 4. The van der Waals surface area contributed by atoms with E-state index in [1.165, 1.54) is 6.21 Å². The Labute approximate surface area is 95.7 Å². The third-order valence-corrected chi connectivity index (χ3v) is 2.93. The molecular formula is C12H18N4. The van der Waals surface area contributed by atoms with Crippen molar-refractivity contribution in [3.63, 3.8) is 0 Å². The minimum absolute atomic E-state index is 0.503. The highest BCUT2D eigenvalue weighted by atomic mass is 15.0. The van der Waals surface area contributed by atoms with Crippen LogP contribution in [0.3, 0.4) is 0 Å². The predicted molar refractivity (Wildman–Crippen MR) is 68.3 cm³/mol. The van der Waals surface area contributed by atoms with Gasteiger partial charge in [0.1, 0.15) is 0 Å². The van der Waals surface area contributed by atoms with Crippen LogP contribution in [-0.2, 0) is 0 Å². The Bertz CT molecular complexity index is 369. The standard InChI is InChI=1S/C12H18N4/c13-8-9-7-10(14)1-2-12(9)16-11-3-5-15-6-4-11/h1-2,7-8,11,13,15-16H,3-6,14H2. The van der Waals surface area contributed by atoms with Crippen LogP contribution in [0.5, 0.6) is 0 Å². The van der Waals surface area contributed by atoms with Crippen LogP contribution in [0.25, 0.3) is 0 Å². The first-order valence-corrected chi connectivity index (χ1v) is 5.67. The van der Waals surface area contributed by atoms with Crippen LogP contribution in [0, 0.1) is 5.41 Å². The van der Waals surface area contributed by atoms with Crippen molar-refractivity contribution in [2.24, 2.45) is 0 Å². The molecule has 0 radical (unpaired) electrons. The van der Waals surface area contributed by atoms with Crippen LogP contribution in [0.15, 0.2) is 18.2 Å². The van der Waals surface area contributed by atoms with Crippen molar-refractivity contribution in [3.05, 3.63) is 23.8 Å². The van der Waals surface area contributed by atoms with Gasteiger partial charge in [-0.25, -0.2) is 0 Å². The molecule has 4 heteroatoms. The predicted octanol–water partition coefficient (Wildman–Crippen LogP) is 1.43. The van der Waals surface area contributed by atoms with E-state index in [1.807, 2.05) is 18.2 Å². The lowest BCUT2D eigenvalue weighted by Gasteiger charge is -2.25. The minimum atomic E-state index is 0.503. The monoisotopic (exact) mass is 218 g/mol. The fourth-order valence-corrected chi connectivity index (χ4v) is 2.02. The third-order valence-electron chi connectivity index (χ3n) is 2.93. The molecule has 1 fully saturated rings. The first-order valence-electron chi connectivity index (χ1n) is 5.67. The highest BCUT2D eigenvalue weighted by Crippen LogP contribution is 2.19. The lowest BCUT2D eigenvalue weighted by molar-refractivity contribution is 0.479. The average Bonchev–Trinajstić information content (AvgIpc) is 2.33. The summed E-state index contributed by atoms with van der Waals surface area (Å²) in [4.78, 5) is 0. The zero-order chi connectivity index (χ0) is 11.4. The van der Waals surface area contributed by atoms with Crippen molar-refractivity contribution in [3.8, 4) is 0 Å². The van der Waals surface area contributed by atoms with E-state index in [-0.39, 0.29) is 0 Å². The lowest BCUT2D eigenvalue weighted by atomic mass is 10.1. The Morgan fingerprint density at radius 3 is 2.81 bits per heavy atom. The number of nitrogens with two attached hydrogens (primary N) is 1. The van der Waals surface area contributed by atoms with Gasteiger partial charge < -0.3 is 21.8 Å². The molecule has 0 aliphatic carbocycles. The first kappa shape index (κ1) is 11.0. The largest absolute Gasteiger partial charge is 0.399 e. The maximum Gasteiger partial charge on any atom is 0.0432 e. The number of nitrogen functional groups attached to an aromatic ring is 1. The molecule has 0 spiro atoms. The maximum atomic E-state index is 7.37. The zero-order valence-electron chi connectivity index (χ0n) is 9.29. The molecule has 1 aliphatic rings. The van der Waals surface area contributed by atoms with Gasteiger partial charge in [-0.15, -0.1) is 0 Å². The highest BCUT2D eigenvalue weighted by Gasteiger charge is 2.13. The molecule has 1 aromatic rings. The van der Waals surface area contributed by atoms with Crippen LogP contribution in [-0.4, -0.2) is 25.3 Å². The summed E-state index contributed by atoms with van der Waals surface area (Å²) in [5.74, 6) is 0. The summed E-state index contributed by atoms with van der Waals surface area (Å²) in [6.45, 7) is 2.12. The second-order valence-corrected chi connectivity index (χ2v) is 4.16. The van der Waals surface area contributed by atoms with Gasteiger partial charge in [-0.1, -0.05) is 0 Å². The molecule has 0 bridgehead atoms. The molecule has 0 atom stereocenters. The second kappa shape index (κ2) is 4.99. The Balaban J connectivity index is 2.10. The smallest absolute Gasteiger partial charge is 0.0432 e. The van der Waals surface area contributed by atoms with E-state index in [9.17, 15) is 0 Å². The summed E-state index contributed by atoms with van der Waals surface area (Å²) in [6, 6.07) is 6.16. The quantitative estimate of drug-likeness (QED) is 0.458. The molecular weight excluding hydrogens is 200 g/mol. The molecule has 0 saturated carbocycles. The second-order valence-electron chi connectivity index (χ2n) is 4.16. The average molecular weight is 218 g/mol. The van der Waals surface area contributed by atoms with Gasteiger partial charge in [-0.2, -0.15) is 0 Å². The maximum absolute atomic E-state index is 7.37. The Hall–Kier alpha value is -1.55. The van der Waals surface area contributed by atoms with Gasteiger partial charge in [0.2, 0.25) is 0 Å². The zero-order valence-corrected chi connectivity index (χ0v) is 9.29. The molecule has 0 aromatic heterocycles. The van der Waals surface area contributed by atoms with Crippen molar-refractivity contribution >= 4 is 17.6 Å². The SMILES string of the molecule is N=Cc1cc(N)ccc1NC1CCNCC1. The summed E-state index contributed by atoms with van der Waals surface area (Å²) in [5, 5.41) is 14.2. The van der Waals surface area contributed by atoms with Crippen LogP contribution < -0.4 is 16.4 Å². The van der Waals surface area contributed by atoms with Crippen LogP contribution >= 0.6 is 0 Å². The number of piperidine rings is 1. The molecule has 0 unspecified atom stereocenters. The highest BCUT2D eigenvalue weighted by molar-refractivity contribution is 5.87. The van der Waals surface area contributed by atoms with Crippen molar-refractivity contribution in [1.29, 1.82) is 5.41 Å². The molecule has 1 saturated heterocycles. The van der Waals surface area contributed by atoms with Crippen molar-refractivity contribution in [2.45, 2.75) is 18.9 Å². The summed E-state index contributed by atoms with van der Waals surface area (Å²) in [5.41, 5.74) is 8.27. The molecule has 1 heterocycles. The molecule has 5 N–H and O–H groups in total. The van der Waals surface area contributed by atoms with Gasteiger partial charge in [0.25, 0.3) is 0 Å². The van der Waals surface area contributed by atoms with E-state index < -0.39 is 0 Å². The van der Waals surface area contributed by atoms with E-state index in [0.29, 0.717) is 11.7 Å². The number of hydrogen-bond acceptors (Lipinski definition) is 4. The fourth-order valence-electron chi connectivity index (χ4n) is 2.02. The van der Waals surface area contributed by atoms with E-state index in [1.54, 1.807) is 0 Å². The summed E-state index contributed by atoms with van der Waals surface area (Å²) in [7, 11) is 0. The van der Waals surface area contributed by atoms with Gasteiger partial charge in [0.15, 0.2) is 0 Å². The molecule has 2 rings (SSSR count). The third kappa shape index (κ3) is 2.52. The van der Waals surface area contributed by atoms with Gasteiger partial charge in [-0.05, 0) is 44.1 Å². The molecule has 4 nitrogen and oxygen atoms in total. The van der Waals surface area contributed by atoms with Crippen LogP contribution in [0.4, 0.5) is 11.4 Å². The molecule has 86 valence electrons. The Morgan fingerprint density at radius 1 is 1.38 bits per heavy atom.